The van der Waals surface area contributed by atoms with Crippen LogP contribution in [0, 0.1) is 0 Å². The number of nitrogens with zero attached hydrogens (tertiary/aromatic N) is 1. The molecule has 0 atom stereocenters. The zero-order chi connectivity index (χ0) is 24.6. The second kappa shape index (κ2) is 11.1. The van der Waals surface area contributed by atoms with Gasteiger partial charge in [0.05, 0.1) is 11.1 Å². The van der Waals surface area contributed by atoms with Crippen LogP contribution >= 0.6 is 12.6 Å². The number of rotatable bonds is 3. The summed E-state index contributed by atoms with van der Waals surface area (Å²) in [5.74, 6) is 0. The molecular weight excluding hydrogens is 470 g/mol. The Bertz CT molecular complexity index is 1060. The highest BCUT2D eigenvalue weighted by Crippen LogP contribution is 2.37. The topological polar surface area (TPSA) is 80.0 Å². The number of thiol groups is 1. The third-order valence-corrected chi connectivity index (χ3v) is 4.39. The van der Waals surface area contributed by atoms with Gasteiger partial charge in [0.25, 0.3) is 0 Å². The van der Waals surface area contributed by atoms with Crippen molar-refractivity contribution in [1.82, 2.24) is 4.98 Å². The van der Waals surface area contributed by atoms with E-state index in [0.717, 1.165) is 11.3 Å². The van der Waals surface area contributed by atoms with Crippen LogP contribution in [0.2, 0.25) is 0 Å². The summed E-state index contributed by atoms with van der Waals surface area (Å²) in [6.45, 7) is 0.490. The molecule has 12 heteroatoms. The molecule has 2 aromatic carbocycles. The van der Waals surface area contributed by atoms with Gasteiger partial charge in [0.2, 0.25) is 0 Å². The quantitative estimate of drug-likeness (QED) is 0.262. The third kappa shape index (κ3) is 8.31. The number of carbonyl (C=O) groups excluding carboxylic acids is 1. The zero-order valence-corrected chi connectivity index (χ0v) is 17.6. The van der Waals surface area contributed by atoms with E-state index in [2.05, 4.69) is 28.2 Å². The van der Waals surface area contributed by atoms with Crippen LogP contribution in [-0.4, -0.2) is 11.0 Å². The Kier molecular flexibility index (Phi) is 8.71. The van der Waals surface area contributed by atoms with Crippen molar-refractivity contribution in [3.63, 3.8) is 0 Å². The number of hydrogen-bond acceptors (Lipinski definition) is 4. The highest BCUT2D eigenvalue weighted by atomic mass is 32.1. The van der Waals surface area contributed by atoms with E-state index in [0.29, 0.717) is 30.4 Å². The van der Waals surface area contributed by atoms with Crippen LogP contribution < -0.4 is 16.4 Å². The van der Waals surface area contributed by atoms with Crippen molar-refractivity contribution in [2.24, 2.45) is 5.73 Å². The van der Waals surface area contributed by atoms with Crippen molar-refractivity contribution in [2.45, 2.75) is 23.8 Å². The van der Waals surface area contributed by atoms with Crippen LogP contribution in [-0.2, 0) is 18.9 Å². The average Bonchev–Trinajstić information content (AvgIpc) is 2.74. The maximum atomic E-state index is 12.1. The first-order valence-corrected chi connectivity index (χ1v) is 9.59. The molecule has 176 valence electrons. The van der Waals surface area contributed by atoms with E-state index in [1.165, 1.54) is 0 Å². The van der Waals surface area contributed by atoms with Gasteiger partial charge >= 0.3 is 18.4 Å². The summed E-state index contributed by atoms with van der Waals surface area (Å²) < 4.78 is 72.7. The lowest BCUT2D eigenvalue weighted by Gasteiger charge is -2.12. The average molecular weight is 488 g/mol. The fourth-order valence-electron chi connectivity index (χ4n) is 2.40. The number of anilines is 2. The monoisotopic (exact) mass is 488 g/mol. The SMILES string of the molecule is FC(F)(F)c1ccc(C(F)(F)F)c(S)c1.NCc1ccc(NC(=O)Nc2ccncc2)cc1. The summed E-state index contributed by atoms with van der Waals surface area (Å²) in [7, 11) is 0. The molecule has 3 aromatic rings. The maximum Gasteiger partial charge on any atom is 0.417 e. The predicted octanol–water partition coefficient (Wildman–Crippen LogP) is 6.20. The molecule has 3 rings (SSSR count). The van der Waals surface area contributed by atoms with Crippen molar-refractivity contribution < 1.29 is 31.1 Å². The van der Waals surface area contributed by atoms with E-state index < -0.39 is 28.4 Å². The maximum absolute atomic E-state index is 12.1. The number of halogens is 6. The molecule has 1 heterocycles. The molecule has 2 amide bonds. The van der Waals surface area contributed by atoms with Gasteiger partial charge in [-0.2, -0.15) is 26.3 Å². The number of nitrogens with one attached hydrogen (secondary N) is 2. The lowest BCUT2D eigenvalue weighted by atomic mass is 10.1. The highest BCUT2D eigenvalue weighted by Gasteiger charge is 2.36. The molecule has 0 aliphatic heterocycles. The molecule has 0 spiro atoms. The second-order valence-electron chi connectivity index (χ2n) is 6.44. The third-order valence-electron chi connectivity index (χ3n) is 4.02. The minimum absolute atomic E-state index is 0.290. The molecule has 33 heavy (non-hydrogen) atoms. The smallest absolute Gasteiger partial charge is 0.326 e. The molecule has 1 aromatic heterocycles. The molecule has 0 unspecified atom stereocenters. The van der Waals surface area contributed by atoms with Crippen LogP contribution in [0.1, 0.15) is 16.7 Å². The fraction of sp³-hybridized carbons (Fsp3) is 0.143. The fourth-order valence-corrected chi connectivity index (χ4v) is 2.74. The number of amides is 2. The van der Waals surface area contributed by atoms with Gasteiger partial charge in [0.15, 0.2) is 0 Å². The van der Waals surface area contributed by atoms with Crippen molar-refractivity contribution >= 4 is 30.0 Å². The van der Waals surface area contributed by atoms with E-state index in [4.69, 9.17) is 5.73 Å². The van der Waals surface area contributed by atoms with Gasteiger partial charge in [-0.25, -0.2) is 4.79 Å². The Morgan fingerprint density at radius 2 is 1.39 bits per heavy atom. The first kappa shape index (κ1) is 26.0. The van der Waals surface area contributed by atoms with Crippen LogP contribution in [0.3, 0.4) is 0 Å². The number of urea groups is 1. The summed E-state index contributed by atoms with van der Waals surface area (Å²) >= 11 is 3.37. The Labute approximate surface area is 190 Å². The summed E-state index contributed by atoms with van der Waals surface area (Å²) in [5, 5.41) is 5.43. The van der Waals surface area contributed by atoms with Crippen LogP contribution in [0.15, 0.2) is 71.9 Å². The molecule has 5 nitrogen and oxygen atoms in total. The Morgan fingerprint density at radius 1 is 0.848 bits per heavy atom. The number of alkyl halides is 6. The zero-order valence-electron chi connectivity index (χ0n) is 16.7. The van der Waals surface area contributed by atoms with Crippen molar-refractivity contribution in [3.05, 3.63) is 83.7 Å². The minimum Gasteiger partial charge on any atom is -0.326 e. The van der Waals surface area contributed by atoms with E-state index in [1.807, 2.05) is 24.3 Å². The number of nitrogens with two attached hydrogens (primary N) is 1. The summed E-state index contributed by atoms with van der Waals surface area (Å²) in [4.78, 5) is 14.8. The molecule has 0 fully saturated rings. The van der Waals surface area contributed by atoms with Crippen LogP contribution in [0.5, 0.6) is 0 Å². The van der Waals surface area contributed by atoms with Gasteiger partial charge in [0, 0.05) is 35.2 Å². The lowest BCUT2D eigenvalue weighted by molar-refractivity contribution is -0.143. The van der Waals surface area contributed by atoms with Gasteiger partial charge in [-0.3, -0.25) is 4.98 Å². The highest BCUT2D eigenvalue weighted by molar-refractivity contribution is 7.80. The first-order valence-electron chi connectivity index (χ1n) is 9.14. The molecule has 0 radical (unpaired) electrons. The molecule has 0 saturated carbocycles. The van der Waals surface area contributed by atoms with Gasteiger partial charge in [-0.1, -0.05) is 12.1 Å². The first-order chi connectivity index (χ1) is 15.4. The van der Waals surface area contributed by atoms with Crippen LogP contribution in [0.25, 0.3) is 0 Å². The van der Waals surface area contributed by atoms with Crippen molar-refractivity contribution in [1.29, 1.82) is 0 Å². The van der Waals surface area contributed by atoms with E-state index in [9.17, 15) is 31.1 Å². The molecule has 0 saturated heterocycles. The van der Waals surface area contributed by atoms with E-state index in [1.54, 1.807) is 24.5 Å². The molecule has 0 aliphatic rings. The largest absolute Gasteiger partial charge is 0.417 e. The lowest BCUT2D eigenvalue weighted by Crippen LogP contribution is -2.19. The minimum atomic E-state index is -4.69. The van der Waals surface area contributed by atoms with Crippen molar-refractivity contribution in [3.8, 4) is 0 Å². The summed E-state index contributed by atoms with van der Waals surface area (Å²) in [6.07, 6.45) is -6.12. The summed E-state index contributed by atoms with van der Waals surface area (Å²) in [5.41, 5.74) is 5.60. The number of carbonyl (C=O) groups is 1. The molecular formula is C21H18F6N4OS. The molecule has 4 N–H and O–H groups in total. The standard InChI is InChI=1S/C13H14N4O.C8H4F6S/c14-9-10-1-3-11(4-2-10)16-13(18)17-12-5-7-15-8-6-12;9-7(10,11)4-1-2-5(6(15)3-4)8(12,13)14/h1-8H,9,14H2,(H2,15,16,17,18);1-3,15H. The van der Waals surface area contributed by atoms with Gasteiger partial charge in [-0.15, -0.1) is 12.6 Å². The van der Waals surface area contributed by atoms with Crippen molar-refractivity contribution in [2.75, 3.05) is 10.6 Å². The number of aromatic nitrogens is 1. The second-order valence-corrected chi connectivity index (χ2v) is 6.93. The summed E-state index contributed by atoms with van der Waals surface area (Å²) in [6, 6.07) is 11.6. The Morgan fingerprint density at radius 3 is 1.85 bits per heavy atom. The van der Waals surface area contributed by atoms with Gasteiger partial charge < -0.3 is 16.4 Å². The van der Waals surface area contributed by atoms with Gasteiger partial charge in [-0.05, 0) is 48.0 Å². The van der Waals surface area contributed by atoms with E-state index in [-0.39, 0.29) is 6.03 Å². The molecule has 0 bridgehead atoms. The molecule has 0 aliphatic carbocycles. The Balaban J connectivity index is 0.000000238. The van der Waals surface area contributed by atoms with Gasteiger partial charge in [0.1, 0.15) is 0 Å². The number of hydrogen-bond donors (Lipinski definition) is 4. The number of pyridine rings is 1. The Hall–Kier alpha value is -3.25. The van der Waals surface area contributed by atoms with Crippen LogP contribution in [0.4, 0.5) is 42.5 Å². The normalized spacial score (nSPS) is 11.3. The van der Waals surface area contributed by atoms with E-state index >= 15 is 0 Å². The number of benzene rings is 2. The predicted molar refractivity (Wildman–Crippen MR) is 115 cm³/mol.